The molecule has 136 valence electrons. The van der Waals surface area contributed by atoms with Crippen LogP contribution in [0, 0.1) is 5.21 Å². The Labute approximate surface area is 153 Å². The lowest BCUT2D eigenvalue weighted by Crippen LogP contribution is -2.24. The van der Waals surface area contributed by atoms with E-state index in [0.717, 1.165) is 45.7 Å². The van der Waals surface area contributed by atoms with Crippen LogP contribution in [0.3, 0.4) is 0 Å². The highest BCUT2D eigenvalue weighted by atomic mass is 16.5. The summed E-state index contributed by atoms with van der Waals surface area (Å²) in [6, 6.07) is 3.81. The maximum Gasteiger partial charge on any atom is 0.187 e. The van der Waals surface area contributed by atoms with Gasteiger partial charge in [0.2, 0.25) is 0 Å². The van der Waals surface area contributed by atoms with Crippen molar-refractivity contribution in [2.75, 3.05) is 5.32 Å². The van der Waals surface area contributed by atoms with E-state index in [0.29, 0.717) is 5.82 Å². The third-order valence-electron chi connectivity index (χ3n) is 3.90. The average molecular weight is 352 g/mol. The normalized spacial score (nSPS) is 11.7. The number of anilines is 1. The summed E-state index contributed by atoms with van der Waals surface area (Å²) in [7, 11) is 1.92. The fourth-order valence-electron chi connectivity index (χ4n) is 2.85. The number of rotatable bonds is 6. The topological polar surface area (TPSA) is 82.6 Å². The van der Waals surface area contributed by atoms with Crippen LogP contribution in [0.1, 0.15) is 44.3 Å². The Balaban J connectivity index is 2.08. The van der Waals surface area contributed by atoms with Gasteiger partial charge < -0.3 is 10.5 Å². The minimum Gasteiger partial charge on any atom is -0.619 e. The molecule has 0 spiro atoms. The molecule has 3 aromatic heterocycles. The lowest BCUT2D eigenvalue weighted by molar-refractivity contribution is -0.605. The van der Waals surface area contributed by atoms with Crippen molar-refractivity contribution in [3.63, 3.8) is 0 Å². The molecular weight excluding hydrogens is 328 g/mol. The van der Waals surface area contributed by atoms with Crippen molar-refractivity contribution in [1.29, 1.82) is 0 Å². The third-order valence-corrected chi connectivity index (χ3v) is 3.90. The molecule has 0 saturated heterocycles. The first kappa shape index (κ1) is 17.8. The zero-order valence-electron chi connectivity index (χ0n) is 15.6. The second-order valence-corrected chi connectivity index (χ2v) is 6.58. The van der Waals surface area contributed by atoms with Gasteiger partial charge in [0.25, 0.3) is 0 Å². The Morgan fingerprint density at radius 3 is 2.81 bits per heavy atom. The predicted octanol–water partition coefficient (Wildman–Crippen LogP) is 2.94. The van der Waals surface area contributed by atoms with E-state index in [2.05, 4.69) is 36.2 Å². The number of hydrogen-bond donors (Lipinski definition) is 1. The number of hydrogen-bond acceptors (Lipinski definition) is 5. The molecule has 0 bridgehead atoms. The van der Waals surface area contributed by atoms with Crippen LogP contribution in [0.5, 0.6) is 0 Å². The molecular formula is C19H24N6O. The van der Waals surface area contributed by atoms with Crippen molar-refractivity contribution in [3.8, 4) is 0 Å². The highest BCUT2D eigenvalue weighted by Gasteiger charge is 2.16. The zero-order valence-corrected chi connectivity index (χ0v) is 15.6. The molecule has 0 aliphatic carbocycles. The molecule has 0 radical (unpaired) electrons. The van der Waals surface area contributed by atoms with Gasteiger partial charge in [-0.1, -0.05) is 13.3 Å². The molecule has 0 atom stereocenters. The van der Waals surface area contributed by atoms with E-state index >= 15 is 0 Å². The first-order valence-electron chi connectivity index (χ1n) is 8.85. The number of pyridine rings is 1. The summed E-state index contributed by atoms with van der Waals surface area (Å²) in [5, 5.41) is 19.4. The van der Waals surface area contributed by atoms with Gasteiger partial charge in [-0.2, -0.15) is 9.83 Å². The number of nitrogens with zero attached hydrogens (tertiary/aromatic N) is 5. The van der Waals surface area contributed by atoms with Crippen LogP contribution in [0.25, 0.3) is 23.2 Å². The smallest absolute Gasteiger partial charge is 0.187 e. The fourth-order valence-corrected chi connectivity index (χ4v) is 2.85. The quantitative estimate of drug-likeness (QED) is 0.545. The summed E-state index contributed by atoms with van der Waals surface area (Å²) in [5.74, 6) is 1.36. The summed E-state index contributed by atoms with van der Waals surface area (Å²) in [5.41, 5.74) is 3.56. The number of aryl methyl sites for hydroxylation is 2. The predicted molar refractivity (Wildman–Crippen MR) is 103 cm³/mol. The van der Waals surface area contributed by atoms with Gasteiger partial charge in [0, 0.05) is 24.7 Å². The number of fused-ring (bicyclic) bond motifs is 1. The molecule has 0 unspecified atom stereocenters. The van der Waals surface area contributed by atoms with Gasteiger partial charge >= 0.3 is 0 Å². The van der Waals surface area contributed by atoms with E-state index in [4.69, 9.17) is 4.98 Å². The SMILES string of the molecule is CCCc1nn(C)c2c(NC(C)C)nc(/C=C/c3ccc[n+]([O-])c3)nc12. The lowest BCUT2D eigenvalue weighted by Gasteiger charge is -2.11. The molecule has 0 amide bonds. The molecule has 1 N–H and O–H groups in total. The molecule has 0 aromatic carbocycles. The lowest BCUT2D eigenvalue weighted by atomic mass is 10.2. The maximum atomic E-state index is 11.4. The van der Waals surface area contributed by atoms with E-state index in [1.165, 1.54) is 12.4 Å². The summed E-state index contributed by atoms with van der Waals surface area (Å²) in [6.45, 7) is 6.27. The molecule has 7 nitrogen and oxygen atoms in total. The second kappa shape index (κ2) is 7.51. The first-order valence-corrected chi connectivity index (χ1v) is 8.85. The zero-order chi connectivity index (χ0) is 18.7. The summed E-state index contributed by atoms with van der Waals surface area (Å²) < 4.78 is 2.62. The van der Waals surface area contributed by atoms with Crippen molar-refractivity contribution in [2.45, 2.75) is 39.7 Å². The number of nitrogens with one attached hydrogen (secondary N) is 1. The van der Waals surface area contributed by atoms with Crippen LogP contribution >= 0.6 is 0 Å². The van der Waals surface area contributed by atoms with E-state index in [9.17, 15) is 5.21 Å². The molecule has 7 heteroatoms. The van der Waals surface area contributed by atoms with Crippen molar-refractivity contribution >= 4 is 29.0 Å². The summed E-state index contributed by atoms with van der Waals surface area (Å²) in [4.78, 5) is 9.37. The Kier molecular flexibility index (Phi) is 5.16. The van der Waals surface area contributed by atoms with Crippen LogP contribution in [-0.2, 0) is 13.5 Å². The summed E-state index contributed by atoms with van der Waals surface area (Å²) >= 11 is 0. The molecule has 0 aliphatic heterocycles. The van der Waals surface area contributed by atoms with Crippen molar-refractivity contribution in [1.82, 2.24) is 19.7 Å². The van der Waals surface area contributed by atoms with E-state index in [1.54, 1.807) is 6.07 Å². The van der Waals surface area contributed by atoms with E-state index in [1.807, 2.05) is 29.9 Å². The second-order valence-electron chi connectivity index (χ2n) is 6.58. The number of aromatic nitrogens is 5. The van der Waals surface area contributed by atoms with E-state index in [-0.39, 0.29) is 6.04 Å². The van der Waals surface area contributed by atoms with Gasteiger partial charge in [-0.05, 0) is 38.5 Å². The summed E-state index contributed by atoms with van der Waals surface area (Å²) in [6.07, 6.45) is 8.49. The molecule has 3 rings (SSSR count). The molecule has 3 heterocycles. The van der Waals surface area contributed by atoms with Crippen LogP contribution in [-0.4, -0.2) is 25.8 Å². The Morgan fingerprint density at radius 2 is 2.12 bits per heavy atom. The Bertz CT molecular complexity index is 945. The average Bonchev–Trinajstić information content (AvgIpc) is 2.89. The van der Waals surface area contributed by atoms with Gasteiger partial charge in [0.05, 0.1) is 5.69 Å². The van der Waals surface area contributed by atoms with Crippen molar-refractivity contribution in [3.05, 3.63) is 46.8 Å². The van der Waals surface area contributed by atoms with Crippen molar-refractivity contribution < 1.29 is 4.73 Å². The fraction of sp³-hybridized carbons (Fsp3) is 0.368. The largest absolute Gasteiger partial charge is 0.619 e. The molecule has 0 fully saturated rings. The van der Waals surface area contributed by atoms with Gasteiger partial charge in [0.1, 0.15) is 11.0 Å². The Morgan fingerprint density at radius 1 is 1.31 bits per heavy atom. The minimum absolute atomic E-state index is 0.239. The van der Waals surface area contributed by atoms with Gasteiger partial charge in [-0.3, -0.25) is 4.68 Å². The monoisotopic (exact) mass is 352 g/mol. The van der Waals surface area contributed by atoms with Gasteiger partial charge in [0.15, 0.2) is 24.0 Å². The molecule has 3 aromatic rings. The van der Waals surface area contributed by atoms with Crippen LogP contribution in [0.15, 0.2) is 24.5 Å². The minimum atomic E-state index is 0.239. The van der Waals surface area contributed by atoms with Crippen molar-refractivity contribution in [2.24, 2.45) is 7.05 Å². The van der Waals surface area contributed by atoms with Crippen LogP contribution < -0.4 is 10.0 Å². The maximum absolute atomic E-state index is 11.4. The van der Waals surface area contributed by atoms with Crippen LogP contribution in [0.4, 0.5) is 5.82 Å². The third kappa shape index (κ3) is 3.82. The van der Waals surface area contributed by atoms with Gasteiger partial charge in [-0.15, -0.1) is 0 Å². The Hall–Kier alpha value is -2.96. The highest BCUT2D eigenvalue weighted by Crippen LogP contribution is 2.25. The van der Waals surface area contributed by atoms with Gasteiger partial charge in [-0.25, -0.2) is 9.97 Å². The first-order chi connectivity index (χ1) is 12.5. The molecule has 0 saturated carbocycles. The highest BCUT2D eigenvalue weighted by molar-refractivity contribution is 5.89. The molecule has 0 aliphatic rings. The van der Waals surface area contributed by atoms with E-state index < -0.39 is 0 Å². The standard InChI is InChI=1S/C19H24N6O/c1-5-7-15-17-18(24(4)23-15)19(20-13(2)3)22-16(21-17)10-9-14-8-6-11-25(26)12-14/h6,8-13H,5,7H2,1-4H3,(H,20,21,22)/b10-9+. The molecule has 26 heavy (non-hydrogen) atoms. The van der Waals surface area contributed by atoms with Crippen LogP contribution in [0.2, 0.25) is 0 Å².